The molecular weight excluding hydrogens is 458 g/mol. The standard InChI is InChI=1S/C25H24ClN3O5/c26-18-11-5-4-9-16(18)14-29-20-12-6-10-17(20)23(32)22(24(29)33)28-25(34)27-19(13-21(30)31)15-7-2-1-3-8-15/h1-5,7-9,11,19,32H,6,10,12-14H2,(H,30,31)(H2,27,28,34)/t19-/m0/s1. The number of carboxylic acids is 1. The molecule has 9 heteroatoms. The van der Waals surface area contributed by atoms with Gasteiger partial charge in [-0.1, -0.05) is 60.1 Å². The Hall–Kier alpha value is -3.78. The first kappa shape index (κ1) is 23.4. The van der Waals surface area contributed by atoms with Crippen molar-refractivity contribution in [1.82, 2.24) is 9.88 Å². The predicted molar refractivity (Wildman–Crippen MR) is 129 cm³/mol. The van der Waals surface area contributed by atoms with Crippen molar-refractivity contribution in [2.24, 2.45) is 0 Å². The molecule has 1 aromatic heterocycles. The molecule has 8 nitrogen and oxygen atoms in total. The molecule has 176 valence electrons. The Balaban J connectivity index is 1.65. The van der Waals surface area contributed by atoms with Gasteiger partial charge in [-0.25, -0.2) is 4.79 Å². The second-order valence-electron chi connectivity index (χ2n) is 8.14. The number of rotatable bonds is 7. The van der Waals surface area contributed by atoms with Crippen LogP contribution in [0.1, 0.15) is 41.3 Å². The van der Waals surface area contributed by atoms with E-state index in [1.54, 1.807) is 42.5 Å². The average molecular weight is 482 g/mol. The van der Waals surface area contributed by atoms with Crippen LogP contribution in [0.4, 0.5) is 10.5 Å². The molecule has 0 saturated heterocycles. The molecule has 34 heavy (non-hydrogen) atoms. The largest absolute Gasteiger partial charge is 0.505 e. The molecule has 0 unspecified atom stereocenters. The molecule has 4 rings (SSSR count). The van der Waals surface area contributed by atoms with Gasteiger partial charge in [0.25, 0.3) is 5.56 Å². The number of halogens is 1. The Morgan fingerprint density at radius 1 is 1.06 bits per heavy atom. The molecule has 0 bridgehead atoms. The first-order valence-corrected chi connectivity index (χ1v) is 11.3. The van der Waals surface area contributed by atoms with Crippen LogP contribution in [0.25, 0.3) is 0 Å². The van der Waals surface area contributed by atoms with Gasteiger partial charge in [0.2, 0.25) is 0 Å². The van der Waals surface area contributed by atoms with Crippen LogP contribution in [0.5, 0.6) is 5.75 Å². The number of hydrogen-bond acceptors (Lipinski definition) is 4. The van der Waals surface area contributed by atoms with Gasteiger partial charge in [0.05, 0.1) is 19.0 Å². The molecule has 2 amide bonds. The minimum atomic E-state index is -1.09. The number of nitrogens with one attached hydrogen (secondary N) is 2. The smallest absolute Gasteiger partial charge is 0.319 e. The van der Waals surface area contributed by atoms with Crippen molar-refractivity contribution in [2.75, 3.05) is 5.32 Å². The van der Waals surface area contributed by atoms with Crippen molar-refractivity contribution in [3.63, 3.8) is 0 Å². The second-order valence-corrected chi connectivity index (χ2v) is 8.55. The summed E-state index contributed by atoms with van der Waals surface area (Å²) in [5.41, 5.74) is 1.89. The number of anilines is 1. The fraction of sp³-hybridized carbons (Fsp3) is 0.240. The predicted octanol–water partition coefficient (Wildman–Crippen LogP) is 4.08. The summed E-state index contributed by atoms with van der Waals surface area (Å²) in [5.74, 6) is -1.34. The number of aliphatic carboxylic acids is 1. The lowest BCUT2D eigenvalue weighted by Crippen LogP contribution is -2.36. The summed E-state index contributed by atoms with van der Waals surface area (Å²) in [6.07, 6.45) is 1.63. The van der Waals surface area contributed by atoms with E-state index in [0.717, 1.165) is 17.7 Å². The fourth-order valence-corrected chi connectivity index (χ4v) is 4.48. The Morgan fingerprint density at radius 2 is 1.76 bits per heavy atom. The maximum Gasteiger partial charge on any atom is 0.319 e. The Bertz CT molecular complexity index is 1290. The average Bonchev–Trinajstić information content (AvgIpc) is 3.30. The summed E-state index contributed by atoms with van der Waals surface area (Å²) in [5, 5.41) is 25.7. The van der Waals surface area contributed by atoms with E-state index in [0.29, 0.717) is 29.0 Å². The summed E-state index contributed by atoms with van der Waals surface area (Å²) in [4.78, 5) is 37.5. The summed E-state index contributed by atoms with van der Waals surface area (Å²) >= 11 is 6.30. The lowest BCUT2D eigenvalue weighted by Gasteiger charge is -2.20. The summed E-state index contributed by atoms with van der Waals surface area (Å²) in [6.45, 7) is 0.197. The van der Waals surface area contributed by atoms with Crippen LogP contribution < -0.4 is 16.2 Å². The number of carboxylic acid groups (broad SMARTS) is 1. The Labute approximate surface area is 200 Å². The molecule has 1 aliphatic rings. The van der Waals surface area contributed by atoms with Crippen molar-refractivity contribution in [1.29, 1.82) is 0 Å². The minimum absolute atomic E-state index is 0.197. The molecule has 0 fully saturated rings. The van der Waals surface area contributed by atoms with E-state index in [1.807, 2.05) is 12.1 Å². The van der Waals surface area contributed by atoms with Gasteiger partial charge in [0.15, 0.2) is 5.69 Å². The number of nitrogens with zero attached hydrogens (tertiary/aromatic N) is 1. The van der Waals surface area contributed by atoms with Gasteiger partial charge >= 0.3 is 12.0 Å². The van der Waals surface area contributed by atoms with Crippen molar-refractivity contribution < 1.29 is 19.8 Å². The Kier molecular flexibility index (Phi) is 6.88. The van der Waals surface area contributed by atoms with Crippen LogP contribution in [0.15, 0.2) is 59.4 Å². The summed E-state index contributed by atoms with van der Waals surface area (Å²) in [6, 6.07) is 14.2. The topological polar surface area (TPSA) is 121 Å². The highest BCUT2D eigenvalue weighted by atomic mass is 35.5. The first-order chi connectivity index (χ1) is 16.3. The van der Waals surface area contributed by atoms with Crippen LogP contribution in [0.2, 0.25) is 5.02 Å². The molecule has 1 heterocycles. The van der Waals surface area contributed by atoms with Crippen LogP contribution in [-0.4, -0.2) is 26.8 Å². The van der Waals surface area contributed by atoms with E-state index in [4.69, 9.17) is 11.6 Å². The second kappa shape index (κ2) is 10.0. The highest BCUT2D eigenvalue weighted by Crippen LogP contribution is 2.34. The lowest BCUT2D eigenvalue weighted by molar-refractivity contribution is -0.137. The number of aromatic nitrogens is 1. The summed E-state index contributed by atoms with van der Waals surface area (Å²) in [7, 11) is 0. The third-order valence-corrected chi connectivity index (χ3v) is 6.28. The van der Waals surface area contributed by atoms with Gasteiger partial charge in [-0.2, -0.15) is 0 Å². The number of carbonyl (C=O) groups excluding carboxylic acids is 1. The van der Waals surface area contributed by atoms with Crippen molar-refractivity contribution >= 4 is 29.3 Å². The van der Waals surface area contributed by atoms with E-state index in [2.05, 4.69) is 10.6 Å². The molecule has 0 spiro atoms. The van der Waals surface area contributed by atoms with Gasteiger partial charge in [0.1, 0.15) is 5.75 Å². The molecule has 4 N–H and O–H groups in total. The molecule has 3 aromatic rings. The molecule has 2 aromatic carbocycles. The molecule has 0 radical (unpaired) electrons. The Morgan fingerprint density at radius 3 is 2.47 bits per heavy atom. The number of benzene rings is 2. The van der Waals surface area contributed by atoms with E-state index < -0.39 is 23.6 Å². The van der Waals surface area contributed by atoms with E-state index in [1.165, 1.54) is 4.57 Å². The van der Waals surface area contributed by atoms with Gasteiger partial charge in [-0.05, 0) is 36.5 Å². The quantitative estimate of drug-likeness (QED) is 0.405. The third kappa shape index (κ3) is 4.92. The molecule has 0 aliphatic heterocycles. The molecule has 1 aliphatic carbocycles. The third-order valence-electron chi connectivity index (χ3n) is 5.91. The highest BCUT2D eigenvalue weighted by Gasteiger charge is 2.27. The van der Waals surface area contributed by atoms with Crippen LogP contribution in [-0.2, 0) is 24.2 Å². The molecule has 1 atom stereocenters. The van der Waals surface area contributed by atoms with Crippen LogP contribution in [0.3, 0.4) is 0 Å². The number of pyridine rings is 1. The number of urea groups is 1. The number of fused-ring (bicyclic) bond motifs is 1. The van der Waals surface area contributed by atoms with Gasteiger partial charge in [0, 0.05) is 16.3 Å². The molecule has 0 saturated carbocycles. The maximum absolute atomic E-state index is 13.4. The monoisotopic (exact) mass is 481 g/mol. The minimum Gasteiger partial charge on any atom is -0.505 e. The van der Waals surface area contributed by atoms with Crippen molar-refractivity contribution in [2.45, 2.75) is 38.3 Å². The molecular formula is C25H24ClN3O5. The summed E-state index contributed by atoms with van der Waals surface area (Å²) < 4.78 is 1.53. The zero-order valence-electron chi connectivity index (χ0n) is 18.3. The van der Waals surface area contributed by atoms with Crippen LogP contribution >= 0.6 is 11.6 Å². The number of hydrogen-bond donors (Lipinski definition) is 4. The van der Waals surface area contributed by atoms with Crippen molar-refractivity contribution in [3.05, 3.63) is 92.4 Å². The first-order valence-electron chi connectivity index (χ1n) is 10.9. The number of aromatic hydroxyl groups is 1. The maximum atomic E-state index is 13.4. The van der Waals surface area contributed by atoms with E-state index in [9.17, 15) is 24.6 Å². The SMILES string of the molecule is O=C(O)C[C@H](NC(=O)Nc1c(O)c2c(n(Cc3ccccc3Cl)c1=O)CCC2)c1ccccc1. The number of amides is 2. The number of carbonyl (C=O) groups is 2. The highest BCUT2D eigenvalue weighted by molar-refractivity contribution is 6.31. The fourth-order valence-electron chi connectivity index (χ4n) is 4.29. The van der Waals surface area contributed by atoms with Gasteiger partial charge in [-0.3, -0.25) is 9.59 Å². The van der Waals surface area contributed by atoms with E-state index in [-0.39, 0.29) is 24.4 Å². The van der Waals surface area contributed by atoms with E-state index >= 15 is 0 Å². The lowest BCUT2D eigenvalue weighted by atomic mass is 10.0. The van der Waals surface area contributed by atoms with Gasteiger partial charge in [-0.15, -0.1) is 0 Å². The normalized spacial score (nSPS) is 13.2. The zero-order chi connectivity index (χ0) is 24.2. The van der Waals surface area contributed by atoms with Gasteiger partial charge < -0.3 is 25.4 Å². The van der Waals surface area contributed by atoms with Crippen molar-refractivity contribution in [3.8, 4) is 5.75 Å². The van der Waals surface area contributed by atoms with Crippen LogP contribution in [0, 0.1) is 0 Å². The zero-order valence-corrected chi connectivity index (χ0v) is 19.0.